The highest BCUT2D eigenvalue weighted by Crippen LogP contribution is 2.40. The van der Waals surface area contributed by atoms with Crippen LogP contribution in [0.25, 0.3) is 0 Å². The van der Waals surface area contributed by atoms with Gasteiger partial charge in [0.15, 0.2) is 0 Å². The van der Waals surface area contributed by atoms with Crippen molar-refractivity contribution in [2.24, 2.45) is 11.8 Å². The molecule has 0 aliphatic heterocycles. The average molecular weight is 273 g/mol. The van der Waals surface area contributed by atoms with E-state index in [4.69, 9.17) is 0 Å². The number of aliphatic hydroxyl groups is 1. The van der Waals surface area contributed by atoms with E-state index in [1.165, 1.54) is 25.7 Å². The molecular weight excluding hydrogens is 246 g/mol. The van der Waals surface area contributed by atoms with Crippen LogP contribution >= 0.6 is 0 Å². The van der Waals surface area contributed by atoms with Crippen LogP contribution in [0.4, 0.5) is 0 Å². The Bertz CT molecular complexity index is 423. The maximum absolute atomic E-state index is 9.56. The first kappa shape index (κ1) is 14.1. The van der Waals surface area contributed by atoms with E-state index in [0.717, 1.165) is 18.3 Å². The molecule has 0 spiro atoms. The molecule has 4 unspecified atom stereocenters. The highest BCUT2D eigenvalue weighted by atomic mass is 16.3. The Hall–Kier alpha value is -0.860. The van der Waals surface area contributed by atoms with Crippen molar-refractivity contribution >= 4 is 0 Å². The van der Waals surface area contributed by atoms with E-state index in [9.17, 15) is 5.11 Å². The monoisotopic (exact) mass is 273 g/mol. The largest absolute Gasteiger partial charge is 0.393 e. The molecule has 2 bridgehead atoms. The van der Waals surface area contributed by atoms with E-state index < -0.39 is 0 Å². The molecule has 0 amide bonds. The van der Waals surface area contributed by atoms with E-state index in [2.05, 4.69) is 36.5 Å². The Labute approximate surface area is 122 Å². The molecule has 4 atom stereocenters. The van der Waals surface area contributed by atoms with Crippen LogP contribution in [0.15, 0.2) is 24.3 Å². The lowest BCUT2D eigenvalue weighted by molar-refractivity contribution is 0.162. The SMILES string of the molecule is CC(O)CC(C)NC1C2CCC1Cc1ccccc1C2. The van der Waals surface area contributed by atoms with Crippen LogP contribution in [0.2, 0.25) is 0 Å². The van der Waals surface area contributed by atoms with E-state index in [1.807, 2.05) is 6.92 Å². The Morgan fingerprint density at radius 1 is 1.10 bits per heavy atom. The van der Waals surface area contributed by atoms with Gasteiger partial charge in [-0.2, -0.15) is 0 Å². The van der Waals surface area contributed by atoms with Crippen LogP contribution < -0.4 is 5.32 Å². The lowest BCUT2D eigenvalue weighted by Crippen LogP contribution is -2.44. The van der Waals surface area contributed by atoms with Crippen molar-refractivity contribution < 1.29 is 5.11 Å². The number of fused-ring (bicyclic) bond motifs is 3. The Morgan fingerprint density at radius 3 is 2.15 bits per heavy atom. The fourth-order valence-corrected chi connectivity index (χ4v) is 4.33. The summed E-state index contributed by atoms with van der Waals surface area (Å²) < 4.78 is 0. The van der Waals surface area contributed by atoms with Crippen LogP contribution in [0.3, 0.4) is 0 Å². The molecule has 0 saturated heterocycles. The van der Waals surface area contributed by atoms with Gasteiger partial charge in [-0.15, -0.1) is 0 Å². The van der Waals surface area contributed by atoms with Crippen LogP contribution in [0, 0.1) is 11.8 Å². The fraction of sp³-hybridized carbons (Fsp3) is 0.667. The van der Waals surface area contributed by atoms with Crippen molar-refractivity contribution in [2.45, 2.75) is 64.1 Å². The summed E-state index contributed by atoms with van der Waals surface area (Å²) >= 11 is 0. The zero-order valence-electron chi connectivity index (χ0n) is 12.7. The fourth-order valence-electron chi connectivity index (χ4n) is 4.33. The Morgan fingerprint density at radius 2 is 1.65 bits per heavy atom. The highest BCUT2D eigenvalue weighted by molar-refractivity contribution is 5.30. The average Bonchev–Trinajstić information content (AvgIpc) is 2.65. The van der Waals surface area contributed by atoms with E-state index in [-0.39, 0.29) is 6.10 Å². The Balaban J connectivity index is 1.72. The second-order valence-corrected chi connectivity index (χ2v) is 6.95. The van der Waals surface area contributed by atoms with Gasteiger partial charge in [0.1, 0.15) is 0 Å². The highest BCUT2D eigenvalue weighted by Gasteiger charge is 2.39. The second kappa shape index (κ2) is 5.87. The molecule has 0 aromatic heterocycles. The first-order chi connectivity index (χ1) is 9.63. The van der Waals surface area contributed by atoms with Gasteiger partial charge in [0.25, 0.3) is 0 Å². The van der Waals surface area contributed by atoms with E-state index >= 15 is 0 Å². The molecule has 0 heterocycles. The van der Waals surface area contributed by atoms with E-state index in [0.29, 0.717) is 12.1 Å². The molecule has 2 aliphatic rings. The van der Waals surface area contributed by atoms with Crippen molar-refractivity contribution in [2.75, 3.05) is 0 Å². The first-order valence-electron chi connectivity index (χ1n) is 8.14. The maximum atomic E-state index is 9.56. The van der Waals surface area contributed by atoms with Crippen LogP contribution in [-0.4, -0.2) is 23.3 Å². The van der Waals surface area contributed by atoms with Gasteiger partial charge in [-0.1, -0.05) is 24.3 Å². The molecule has 1 aromatic rings. The lowest BCUT2D eigenvalue weighted by Gasteiger charge is -2.28. The summed E-state index contributed by atoms with van der Waals surface area (Å²) in [7, 11) is 0. The number of hydrogen-bond donors (Lipinski definition) is 2. The maximum Gasteiger partial charge on any atom is 0.0526 e. The van der Waals surface area contributed by atoms with Gasteiger partial charge in [-0.05, 0) is 68.9 Å². The molecule has 1 fully saturated rings. The summed E-state index contributed by atoms with van der Waals surface area (Å²) in [6, 6.07) is 10.0. The molecule has 2 aliphatic carbocycles. The molecule has 3 rings (SSSR count). The third kappa shape index (κ3) is 2.91. The minimum atomic E-state index is -0.210. The van der Waals surface area contributed by atoms with Crippen LogP contribution in [0.5, 0.6) is 0 Å². The summed E-state index contributed by atoms with van der Waals surface area (Å²) in [4.78, 5) is 0. The summed E-state index contributed by atoms with van der Waals surface area (Å²) in [6.07, 6.45) is 5.81. The standard InChI is InChI=1S/C18H27NO/c1-12(9-13(2)20)19-18-16-7-8-17(18)11-15-6-4-3-5-14(15)10-16/h3-6,12-13,16-20H,7-11H2,1-2H3. The number of hydrogen-bond acceptors (Lipinski definition) is 2. The molecule has 0 radical (unpaired) electrons. The Kier molecular flexibility index (Phi) is 4.13. The van der Waals surface area contributed by atoms with Crippen molar-refractivity contribution in [3.8, 4) is 0 Å². The number of aliphatic hydroxyl groups excluding tert-OH is 1. The molecule has 1 saturated carbocycles. The van der Waals surface area contributed by atoms with Crippen LogP contribution in [-0.2, 0) is 12.8 Å². The summed E-state index contributed by atoms with van der Waals surface area (Å²) in [5, 5.41) is 13.4. The number of nitrogens with one attached hydrogen (secondary N) is 1. The summed E-state index contributed by atoms with van der Waals surface area (Å²) in [5.41, 5.74) is 3.13. The van der Waals surface area contributed by atoms with Gasteiger partial charge in [-0.3, -0.25) is 0 Å². The van der Waals surface area contributed by atoms with Crippen molar-refractivity contribution in [1.29, 1.82) is 0 Å². The normalized spacial score (nSPS) is 31.4. The predicted octanol–water partition coefficient (Wildman–Crippen LogP) is 2.93. The van der Waals surface area contributed by atoms with Gasteiger partial charge >= 0.3 is 0 Å². The number of benzene rings is 1. The minimum absolute atomic E-state index is 0.210. The number of rotatable bonds is 4. The topological polar surface area (TPSA) is 32.3 Å². The molecular formula is C18H27NO. The van der Waals surface area contributed by atoms with Gasteiger partial charge < -0.3 is 10.4 Å². The van der Waals surface area contributed by atoms with Crippen molar-refractivity contribution in [3.63, 3.8) is 0 Å². The van der Waals surface area contributed by atoms with Gasteiger partial charge in [0.05, 0.1) is 6.10 Å². The first-order valence-corrected chi connectivity index (χ1v) is 8.14. The molecule has 2 nitrogen and oxygen atoms in total. The third-order valence-corrected chi connectivity index (χ3v) is 5.18. The quantitative estimate of drug-likeness (QED) is 0.884. The third-order valence-electron chi connectivity index (χ3n) is 5.18. The molecule has 2 N–H and O–H groups in total. The van der Waals surface area contributed by atoms with Gasteiger partial charge in [-0.25, -0.2) is 0 Å². The zero-order valence-corrected chi connectivity index (χ0v) is 12.7. The second-order valence-electron chi connectivity index (χ2n) is 6.95. The predicted molar refractivity (Wildman–Crippen MR) is 82.7 cm³/mol. The zero-order chi connectivity index (χ0) is 14.1. The lowest BCUT2D eigenvalue weighted by atomic mass is 9.94. The summed E-state index contributed by atoms with van der Waals surface area (Å²) in [5.74, 6) is 1.56. The molecule has 2 heteroatoms. The minimum Gasteiger partial charge on any atom is -0.393 e. The molecule has 1 aromatic carbocycles. The van der Waals surface area contributed by atoms with Crippen molar-refractivity contribution in [1.82, 2.24) is 5.32 Å². The van der Waals surface area contributed by atoms with Gasteiger partial charge in [0, 0.05) is 12.1 Å². The van der Waals surface area contributed by atoms with Crippen LogP contribution in [0.1, 0.15) is 44.2 Å². The van der Waals surface area contributed by atoms with E-state index in [1.54, 1.807) is 11.1 Å². The van der Waals surface area contributed by atoms with Crippen molar-refractivity contribution in [3.05, 3.63) is 35.4 Å². The smallest absolute Gasteiger partial charge is 0.0526 e. The molecule has 20 heavy (non-hydrogen) atoms. The van der Waals surface area contributed by atoms with Gasteiger partial charge in [0.2, 0.25) is 0 Å². The summed E-state index contributed by atoms with van der Waals surface area (Å²) in [6.45, 7) is 4.10. The molecule has 110 valence electrons.